The van der Waals surface area contributed by atoms with Crippen molar-refractivity contribution >= 4 is 6.41 Å². The van der Waals surface area contributed by atoms with Gasteiger partial charge < -0.3 is 5.32 Å². The lowest BCUT2D eigenvalue weighted by Gasteiger charge is -2.19. The van der Waals surface area contributed by atoms with E-state index < -0.39 is 0 Å². The van der Waals surface area contributed by atoms with Crippen molar-refractivity contribution in [1.29, 1.82) is 0 Å². The molecule has 0 spiro atoms. The minimum absolute atomic E-state index is 0.0833. The van der Waals surface area contributed by atoms with Gasteiger partial charge in [-0.3, -0.25) is 9.18 Å². The smallest absolute Gasteiger partial charge is 0.207 e. The number of rotatable bonds is 3. The van der Waals surface area contributed by atoms with Gasteiger partial charge in [0.2, 0.25) is 6.41 Å². The van der Waals surface area contributed by atoms with Gasteiger partial charge in [0.15, 0.2) is 0 Å². The van der Waals surface area contributed by atoms with E-state index in [4.69, 9.17) is 0 Å². The SMILES string of the molecule is FCC1CCCCC1.O=CNC1CCCCC1. The van der Waals surface area contributed by atoms with Crippen molar-refractivity contribution < 1.29 is 9.18 Å². The maximum Gasteiger partial charge on any atom is 0.207 e. The number of nitrogens with one attached hydrogen (secondary N) is 1. The molecular weight excluding hydrogens is 217 g/mol. The Morgan fingerprint density at radius 2 is 1.47 bits per heavy atom. The van der Waals surface area contributed by atoms with Crippen molar-refractivity contribution in [3.8, 4) is 0 Å². The molecule has 2 fully saturated rings. The van der Waals surface area contributed by atoms with Gasteiger partial charge in [0.05, 0.1) is 6.67 Å². The van der Waals surface area contributed by atoms with Gasteiger partial charge in [-0.1, -0.05) is 38.5 Å². The molecule has 0 aromatic heterocycles. The average Bonchev–Trinajstić information content (AvgIpc) is 2.42. The van der Waals surface area contributed by atoms with E-state index in [1.807, 2.05) is 0 Å². The van der Waals surface area contributed by atoms with Gasteiger partial charge in [-0.25, -0.2) is 0 Å². The average molecular weight is 243 g/mol. The number of amides is 1. The van der Waals surface area contributed by atoms with Crippen LogP contribution in [0, 0.1) is 5.92 Å². The fourth-order valence-electron chi connectivity index (χ4n) is 2.71. The van der Waals surface area contributed by atoms with Gasteiger partial charge >= 0.3 is 0 Å². The van der Waals surface area contributed by atoms with Gasteiger partial charge in [-0.15, -0.1) is 0 Å². The van der Waals surface area contributed by atoms with E-state index in [-0.39, 0.29) is 6.67 Å². The second kappa shape index (κ2) is 9.43. The summed E-state index contributed by atoms with van der Waals surface area (Å²) in [7, 11) is 0. The molecule has 2 aliphatic rings. The van der Waals surface area contributed by atoms with Crippen molar-refractivity contribution in [2.24, 2.45) is 5.92 Å². The molecule has 17 heavy (non-hydrogen) atoms. The molecule has 0 saturated heterocycles. The first-order valence-corrected chi connectivity index (χ1v) is 7.12. The van der Waals surface area contributed by atoms with Crippen LogP contribution in [0.15, 0.2) is 0 Å². The Bertz CT molecular complexity index is 187. The van der Waals surface area contributed by atoms with Crippen molar-refractivity contribution in [1.82, 2.24) is 5.32 Å². The molecule has 3 heteroatoms. The summed E-state index contributed by atoms with van der Waals surface area (Å²) in [5.74, 6) is 0.420. The van der Waals surface area contributed by atoms with Crippen LogP contribution < -0.4 is 5.32 Å². The zero-order valence-electron chi connectivity index (χ0n) is 10.8. The lowest BCUT2D eigenvalue weighted by molar-refractivity contribution is -0.110. The lowest BCUT2D eigenvalue weighted by atomic mass is 9.90. The minimum Gasteiger partial charge on any atom is -0.356 e. The molecule has 0 unspecified atom stereocenters. The summed E-state index contributed by atoms with van der Waals surface area (Å²) in [4.78, 5) is 9.96. The van der Waals surface area contributed by atoms with Gasteiger partial charge in [0.1, 0.15) is 0 Å². The highest BCUT2D eigenvalue weighted by Gasteiger charge is 2.11. The zero-order chi connectivity index (χ0) is 12.3. The summed E-state index contributed by atoms with van der Waals surface area (Å²) in [5, 5.41) is 2.80. The Labute approximate surface area is 104 Å². The molecule has 0 radical (unpaired) electrons. The topological polar surface area (TPSA) is 29.1 Å². The first-order valence-electron chi connectivity index (χ1n) is 7.12. The summed E-state index contributed by atoms with van der Waals surface area (Å²) < 4.78 is 11.9. The van der Waals surface area contributed by atoms with Crippen LogP contribution in [0.25, 0.3) is 0 Å². The Hall–Kier alpha value is -0.600. The minimum atomic E-state index is -0.0833. The Morgan fingerprint density at radius 3 is 1.88 bits per heavy atom. The third-order valence-corrected chi connectivity index (χ3v) is 3.85. The lowest BCUT2D eigenvalue weighted by Crippen LogP contribution is -2.29. The summed E-state index contributed by atoms with van der Waals surface area (Å²) in [6.07, 6.45) is 13.2. The number of carbonyl (C=O) groups is 1. The molecule has 0 aromatic rings. The van der Waals surface area contributed by atoms with E-state index >= 15 is 0 Å². The summed E-state index contributed by atoms with van der Waals surface area (Å²) in [5.41, 5.74) is 0. The molecule has 1 N–H and O–H groups in total. The number of hydrogen-bond donors (Lipinski definition) is 1. The normalized spacial score (nSPS) is 22.4. The van der Waals surface area contributed by atoms with Gasteiger partial charge in [0.25, 0.3) is 0 Å². The van der Waals surface area contributed by atoms with Crippen LogP contribution >= 0.6 is 0 Å². The summed E-state index contributed by atoms with van der Waals surface area (Å²) in [6.45, 7) is -0.0833. The second-order valence-corrected chi connectivity index (χ2v) is 5.28. The highest BCUT2D eigenvalue weighted by molar-refractivity contribution is 5.46. The zero-order valence-corrected chi connectivity index (χ0v) is 10.8. The molecule has 2 nitrogen and oxygen atoms in total. The Morgan fingerprint density at radius 1 is 0.941 bits per heavy atom. The Kier molecular flexibility index (Phi) is 8.02. The van der Waals surface area contributed by atoms with Crippen molar-refractivity contribution in [2.45, 2.75) is 70.3 Å². The van der Waals surface area contributed by atoms with Crippen LogP contribution in [0.4, 0.5) is 4.39 Å². The van der Waals surface area contributed by atoms with Crippen molar-refractivity contribution in [2.75, 3.05) is 6.67 Å². The number of alkyl halides is 1. The van der Waals surface area contributed by atoms with Crippen LogP contribution in [0.5, 0.6) is 0 Å². The predicted molar refractivity (Wildman–Crippen MR) is 68.6 cm³/mol. The fraction of sp³-hybridized carbons (Fsp3) is 0.929. The molecule has 0 heterocycles. The molecule has 0 bridgehead atoms. The Balaban J connectivity index is 0.000000171. The van der Waals surface area contributed by atoms with Gasteiger partial charge in [-0.05, 0) is 31.6 Å². The van der Waals surface area contributed by atoms with Crippen molar-refractivity contribution in [3.63, 3.8) is 0 Å². The van der Waals surface area contributed by atoms with E-state index in [1.54, 1.807) is 0 Å². The molecule has 1 amide bonds. The molecule has 100 valence electrons. The number of halogens is 1. The van der Waals surface area contributed by atoms with E-state index in [0.717, 1.165) is 19.3 Å². The van der Waals surface area contributed by atoms with Gasteiger partial charge in [-0.2, -0.15) is 0 Å². The largest absolute Gasteiger partial charge is 0.356 e. The monoisotopic (exact) mass is 243 g/mol. The molecular formula is C14H26FNO. The predicted octanol–water partition coefficient (Wildman–Crippen LogP) is 3.60. The van der Waals surface area contributed by atoms with Crippen LogP contribution in [-0.2, 0) is 4.79 Å². The molecule has 2 aliphatic carbocycles. The maximum absolute atomic E-state index is 11.9. The van der Waals surface area contributed by atoms with Gasteiger partial charge in [0, 0.05) is 6.04 Å². The molecule has 2 saturated carbocycles. The number of carbonyl (C=O) groups excluding carboxylic acids is 1. The summed E-state index contributed by atoms with van der Waals surface area (Å²) in [6, 6.07) is 0.483. The highest BCUT2D eigenvalue weighted by atomic mass is 19.1. The van der Waals surface area contributed by atoms with Crippen LogP contribution in [0.3, 0.4) is 0 Å². The second-order valence-electron chi connectivity index (χ2n) is 5.28. The third kappa shape index (κ3) is 6.64. The fourth-order valence-corrected chi connectivity index (χ4v) is 2.71. The van der Waals surface area contributed by atoms with Crippen LogP contribution in [0.1, 0.15) is 64.2 Å². The maximum atomic E-state index is 11.9. The molecule has 0 aromatic carbocycles. The molecule has 2 rings (SSSR count). The highest BCUT2D eigenvalue weighted by Crippen LogP contribution is 2.23. The molecule has 0 atom stereocenters. The first kappa shape index (κ1) is 14.5. The van der Waals surface area contributed by atoms with Crippen LogP contribution in [0.2, 0.25) is 0 Å². The van der Waals surface area contributed by atoms with E-state index in [2.05, 4.69) is 5.32 Å². The molecule has 0 aliphatic heterocycles. The summed E-state index contributed by atoms with van der Waals surface area (Å²) >= 11 is 0. The first-order chi connectivity index (χ1) is 8.36. The van der Waals surface area contributed by atoms with E-state index in [9.17, 15) is 9.18 Å². The quantitative estimate of drug-likeness (QED) is 0.754. The third-order valence-electron chi connectivity index (χ3n) is 3.85. The number of hydrogen-bond acceptors (Lipinski definition) is 1. The van der Waals surface area contributed by atoms with Crippen molar-refractivity contribution in [3.05, 3.63) is 0 Å². The standard InChI is InChI=1S/C7H13F.C7H13NO/c8-6-7-4-2-1-3-5-7;9-6-8-7-4-2-1-3-5-7/h7H,1-6H2;6-7H,1-5H2,(H,8,9). The van der Waals surface area contributed by atoms with E-state index in [0.29, 0.717) is 12.0 Å². The van der Waals surface area contributed by atoms with E-state index in [1.165, 1.54) is 51.4 Å². The van der Waals surface area contributed by atoms with Crippen LogP contribution in [-0.4, -0.2) is 19.1 Å².